The van der Waals surface area contributed by atoms with Gasteiger partial charge in [0.05, 0.1) is 19.2 Å². The van der Waals surface area contributed by atoms with Crippen molar-refractivity contribution in [3.05, 3.63) is 57.0 Å². The van der Waals surface area contributed by atoms with Gasteiger partial charge in [-0.15, -0.1) is 0 Å². The Hall–Kier alpha value is -1.98. The largest absolute Gasteiger partial charge is 0.493 e. The van der Waals surface area contributed by atoms with Crippen LogP contribution in [0.5, 0.6) is 17.2 Å². The molecule has 0 saturated carbocycles. The van der Waals surface area contributed by atoms with Crippen molar-refractivity contribution in [3.63, 3.8) is 0 Å². The Morgan fingerprint density at radius 3 is 2.46 bits per heavy atom. The van der Waals surface area contributed by atoms with Crippen LogP contribution >= 0.6 is 27.5 Å². The third-order valence-corrected chi connectivity index (χ3v) is 3.95. The van der Waals surface area contributed by atoms with E-state index in [0.717, 1.165) is 15.6 Å². The molecule has 2 aromatic carbocycles. The summed E-state index contributed by atoms with van der Waals surface area (Å²) < 4.78 is 16.5. The average molecular weight is 412 g/mol. The van der Waals surface area contributed by atoms with E-state index in [1.54, 1.807) is 38.5 Å². The molecule has 6 heteroatoms. The zero-order chi connectivity index (χ0) is 17.7. The van der Waals surface area contributed by atoms with Crippen molar-refractivity contribution in [1.82, 2.24) is 0 Å². The Bertz CT molecular complexity index is 764. The van der Waals surface area contributed by atoms with Gasteiger partial charge in [-0.2, -0.15) is 0 Å². The van der Waals surface area contributed by atoms with Crippen LogP contribution in [0.4, 0.5) is 0 Å². The fraction of sp³-hybridized carbons (Fsp3) is 0.167. The molecule has 0 fully saturated rings. The second-order valence-electron chi connectivity index (χ2n) is 4.90. The van der Waals surface area contributed by atoms with Crippen molar-refractivity contribution in [1.29, 1.82) is 0 Å². The van der Waals surface area contributed by atoms with Crippen LogP contribution < -0.4 is 14.2 Å². The molecule has 0 aromatic heterocycles. The summed E-state index contributed by atoms with van der Waals surface area (Å²) in [6.45, 7) is 1.82. The van der Waals surface area contributed by atoms with Crippen molar-refractivity contribution in [3.8, 4) is 17.2 Å². The lowest BCUT2D eigenvalue weighted by Gasteiger charge is -2.09. The van der Waals surface area contributed by atoms with Crippen molar-refractivity contribution < 1.29 is 19.0 Å². The quantitative estimate of drug-likeness (QED) is 0.392. The number of carbonyl (C=O) groups excluding carboxylic acids is 1. The average Bonchev–Trinajstić information content (AvgIpc) is 2.55. The Morgan fingerprint density at radius 2 is 1.83 bits per heavy atom. The molecule has 0 amide bonds. The van der Waals surface area contributed by atoms with Crippen LogP contribution in [0.2, 0.25) is 5.02 Å². The number of esters is 1. The van der Waals surface area contributed by atoms with Crippen LogP contribution in [0.15, 0.2) is 40.9 Å². The monoisotopic (exact) mass is 410 g/mol. The van der Waals surface area contributed by atoms with E-state index >= 15 is 0 Å². The van der Waals surface area contributed by atoms with Gasteiger partial charge >= 0.3 is 5.97 Å². The zero-order valence-corrected chi connectivity index (χ0v) is 15.8. The number of rotatable bonds is 5. The molecule has 0 saturated heterocycles. The minimum atomic E-state index is -0.517. The minimum Gasteiger partial charge on any atom is -0.493 e. The van der Waals surface area contributed by atoms with Crippen LogP contribution in [0.3, 0.4) is 0 Å². The highest BCUT2D eigenvalue weighted by molar-refractivity contribution is 9.10. The Morgan fingerprint density at radius 1 is 1.12 bits per heavy atom. The number of methoxy groups -OCH3 is 2. The van der Waals surface area contributed by atoms with Gasteiger partial charge in [-0.3, -0.25) is 0 Å². The molecule has 0 N–H and O–H groups in total. The van der Waals surface area contributed by atoms with Crippen LogP contribution in [0.25, 0.3) is 6.08 Å². The van der Waals surface area contributed by atoms with Gasteiger partial charge in [0.25, 0.3) is 0 Å². The van der Waals surface area contributed by atoms with Crippen LogP contribution in [-0.4, -0.2) is 20.2 Å². The van der Waals surface area contributed by atoms with E-state index in [1.807, 2.05) is 19.1 Å². The molecule has 2 aromatic rings. The first kappa shape index (κ1) is 18.4. The maximum atomic E-state index is 12.0. The molecule has 24 heavy (non-hydrogen) atoms. The van der Waals surface area contributed by atoms with E-state index in [0.29, 0.717) is 22.3 Å². The van der Waals surface area contributed by atoms with Gasteiger partial charge in [0, 0.05) is 10.5 Å². The maximum absolute atomic E-state index is 12.0. The molecular formula is C18H16BrClO4. The first-order chi connectivity index (χ1) is 11.4. The van der Waals surface area contributed by atoms with E-state index in [4.69, 9.17) is 25.8 Å². The van der Waals surface area contributed by atoms with Gasteiger partial charge in [0.1, 0.15) is 0 Å². The summed E-state index contributed by atoms with van der Waals surface area (Å²) in [4.78, 5) is 12.0. The molecular weight excluding hydrogens is 396 g/mol. The lowest BCUT2D eigenvalue weighted by molar-refractivity contribution is -0.128. The van der Waals surface area contributed by atoms with Crippen LogP contribution in [0, 0.1) is 6.92 Å². The first-order valence-corrected chi connectivity index (χ1v) is 8.19. The number of benzene rings is 2. The van der Waals surface area contributed by atoms with Gasteiger partial charge in [0.15, 0.2) is 17.2 Å². The summed E-state index contributed by atoms with van der Waals surface area (Å²) in [6, 6.07) is 8.84. The number of hydrogen-bond acceptors (Lipinski definition) is 4. The number of hydrogen-bond donors (Lipinski definition) is 0. The fourth-order valence-corrected chi connectivity index (χ4v) is 3.08. The molecule has 0 radical (unpaired) electrons. The lowest BCUT2D eigenvalue weighted by atomic mass is 10.2. The highest BCUT2D eigenvalue weighted by Gasteiger charge is 2.10. The summed E-state index contributed by atoms with van der Waals surface area (Å²) >= 11 is 9.45. The summed E-state index contributed by atoms with van der Waals surface area (Å²) in [5.41, 5.74) is 1.55. The molecule has 0 unspecified atom stereocenters. The second kappa shape index (κ2) is 8.22. The molecule has 0 heterocycles. The molecule has 0 bridgehead atoms. The second-order valence-corrected chi connectivity index (χ2v) is 6.23. The molecule has 4 nitrogen and oxygen atoms in total. The van der Waals surface area contributed by atoms with Gasteiger partial charge in [0.2, 0.25) is 0 Å². The summed E-state index contributed by atoms with van der Waals surface area (Å²) in [5.74, 6) is 1.04. The Labute approximate surface area is 154 Å². The molecule has 0 aliphatic rings. The van der Waals surface area contributed by atoms with Gasteiger partial charge in [-0.25, -0.2) is 4.79 Å². The van der Waals surface area contributed by atoms with E-state index in [9.17, 15) is 4.79 Å². The zero-order valence-electron chi connectivity index (χ0n) is 13.4. The molecule has 126 valence electrons. The third kappa shape index (κ3) is 4.52. The Kier molecular flexibility index (Phi) is 6.29. The predicted octanol–water partition coefficient (Wildman–Crippen LogP) is 5.05. The van der Waals surface area contributed by atoms with Crippen LogP contribution in [0.1, 0.15) is 11.1 Å². The van der Waals surface area contributed by atoms with Crippen molar-refractivity contribution in [2.24, 2.45) is 0 Å². The summed E-state index contributed by atoms with van der Waals surface area (Å²) in [6.07, 6.45) is 2.96. The lowest BCUT2D eigenvalue weighted by Crippen LogP contribution is -2.05. The standard InChI is InChI=1S/C18H16BrClO4/c1-11-8-13(19)10-14(20)18(11)24-17(21)7-5-12-4-6-15(22-2)16(9-12)23-3/h4-10H,1-3H3. The topological polar surface area (TPSA) is 44.8 Å². The van der Waals surface area contributed by atoms with Crippen LogP contribution in [-0.2, 0) is 4.79 Å². The van der Waals surface area contributed by atoms with E-state index < -0.39 is 5.97 Å². The summed E-state index contributed by atoms with van der Waals surface area (Å²) in [7, 11) is 3.12. The predicted molar refractivity (Wildman–Crippen MR) is 98.1 cm³/mol. The molecule has 0 spiro atoms. The highest BCUT2D eigenvalue weighted by atomic mass is 79.9. The fourth-order valence-electron chi connectivity index (χ4n) is 2.07. The smallest absolute Gasteiger partial charge is 0.336 e. The normalized spacial score (nSPS) is 10.7. The van der Waals surface area contributed by atoms with Gasteiger partial charge < -0.3 is 14.2 Å². The highest BCUT2D eigenvalue weighted by Crippen LogP contribution is 2.32. The van der Waals surface area contributed by atoms with Gasteiger partial charge in [-0.05, 0) is 48.4 Å². The van der Waals surface area contributed by atoms with Crippen molar-refractivity contribution in [2.45, 2.75) is 6.92 Å². The van der Waals surface area contributed by atoms with Gasteiger partial charge in [-0.1, -0.05) is 33.6 Å². The summed E-state index contributed by atoms with van der Waals surface area (Å²) in [5, 5.41) is 0.370. The molecule has 0 aliphatic heterocycles. The number of halogens is 2. The first-order valence-electron chi connectivity index (χ1n) is 7.02. The van der Waals surface area contributed by atoms with Crippen molar-refractivity contribution >= 4 is 39.6 Å². The number of ether oxygens (including phenoxy) is 3. The minimum absolute atomic E-state index is 0.349. The maximum Gasteiger partial charge on any atom is 0.336 e. The third-order valence-electron chi connectivity index (χ3n) is 3.22. The molecule has 2 rings (SSSR count). The van der Waals surface area contributed by atoms with Crippen molar-refractivity contribution in [2.75, 3.05) is 14.2 Å². The molecule has 0 atom stereocenters. The van der Waals surface area contributed by atoms with E-state index in [2.05, 4.69) is 15.9 Å². The number of aryl methyl sites for hydroxylation is 1. The Balaban J connectivity index is 2.14. The van der Waals surface area contributed by atoms with E-state index in [-0.39, 0.29) is 0 Å². The van der Waals surface area contributed by atoms with E-state index in [1.165, 1.54) is 6.08 Å². The SMILES string of the molecule is COc1ccc(C=CC(=O)Oc2c(C)cc(Br)cc2Cl)cc1OC. The number of carbonyl (C=O) groups is 1. The molecule has 0 aliphatic carbocycles.